The van der Waals surface area contributed by atoms with Crippen molar-refractivity contribution in [1.29, 1.82) is 0 Å². The molecule has 2 aliphatic carbocycles. The molecule has 0 spiro atoms. The van der Waals surface area contributed by atoms with Crippen LogP contribution in [0.25, 0.3) is 0 Å². The molecule has 2 aromatic rings. The minimum atomic E-state index is -0.315. The molecule has 0 bridgehead atoms. The van der Waals surface area contributed by atoms with Crippen LogP contribution < -0.4 is 9.47 Å². The van der Waals surface area contributed by atoms with Gasteiger partial charge >= 0.3 is 0 Å². The summed E-state index contributed by atoms with van der Waals surface area (Å²) < 4.78 is 10.4. The molecule has 0 unspecified atom stereocenters. The summed E-state index contributed by atoms with van der Waals surface area (Å²) in [5, 5.41) is 22.4. The number of carbonyl (C=O) groups excluding carboxylic acids is 2. The molecule has 0 amide bonds. The van der Waals surface area contributed by atoms with Crippen LogP contribution in [0.1, 0.15) is 66.2 Å². The summed E-state index contributed by atoms with van der Waals surface area (Å²) in [5.74, 6) is 0.702. The summed E-state index contributed by atoms with van der Waals surface area (Å²) in [5.41, 5.74) is 2.03. The summed E-state index contributed by atoms with van der Waals surface area (Å²) >= 11 is 0. The van der Waals surface area contributed by atoms with E-state index in [1.54, 1.807) is 62.8 Å². The molecule has 0 heterocycles. The van der Waals surface area contributed by atoms with Gasteiger partial charge in [-0.3, -0.25) is 19.6 Å². The van der Waals surface area contributed by atoms with Gasteiger partial charge in [-0.25, -0.2) is 0 Å². The lowest BCUT2D eigenvalue weighted by Gasteiger charge is -2.32. The van der Waals surface area contributed by atoms with Crippen molar-refractivity contribution in [2.45, 2.75) is 66.2 Å². The van der Waals surface area contributed by atoms with Gasteiger partial charge in [-0.2, -0.15) is 0 Å². The highest BCUT2D eigenvalue weighted by Gasteiger charge is 2.38. The number of aliphatic hydroxyl groups is 2. The second kappa shape index (κ2) is 12.3. The van der Waals surface area contributed by atoms with Crippen molar-refractivity contribution >= 4 is 34.4 Å². The quantitative estimate of drug-likeness (QED) is 0.259. The highest BCUT2D eigenvalue weighted by atomic mass is 16.5. The number of allylic oxidation sites excluding steroid dienone is 4. The van der Waals surface area contributed by atoms with Gasteiger partial charge in [0.1, 0.15) is 23.0 Å². The molecule has 2 N–H and O–H groups in total. The largest absolute Gasteiger partial charge is 0.511 e. The second-order valence-corrected chi connectivity index (χ2v) is 12.5. The van der Waals surface area contributed by atoms with Crippen molar-refractivity contribution in [2.24, 2.45) is 20.8 Å². The number of aliphatic hydroxyl groups excluding tert-OH is 2. The van der Waals surface area contributed by atoms with Crippen LogP contribution in [-0.4, -0.2) is 47.4 Å². The van der Waals surface area contributed by atoms with Gasteiger partial charge in [0.15, 0.2) is 11.6 Å². The predicted octanol–water partition coefficient (Wildman–Crippen LogP) is 7.73. The fourth-order valence-electron chi connectivity index (χ4n) is 5.53. The zero-order valence-corrected chi connectivity index (χ0v) is 25.3. The Labute approximate surface area is 247 Å². The number of ether oxygens (including phenoxy) is 2. The molecule has 42 heavy (non-hydrogen) atoms. The highest BCUT2D eigenvalue weighted by molar-refractivity contribution is 6.26. The third kappa shape index (κ3) is 7.35. The molecule has 222 valence electrons. The van der Waals surface area contributed by atoms with Crippen molar-refractivity contribution in [3.05, 3.63) is 71.2 Å². The third-order valence-electron chi connectivity index (χ3n) is 7.55. The zero-order valence-electron chi connectivity index (χ0n) is 25.3. The first-order valence-corrected chi connectivity index (χ1v) is 14.2. The van der Waals surface area contributed by atoms with Crippen LogP contribution in [-0.2, 0) is 9.59 Å². The van der Waals surface area contributed by atoms with Gasteiger partial charge in [0.05, 0.1) is 48.2 Å². The number of carbonyl (C=O) groups is 2. The Hall–Kier alpha value is -4.20. The molecule has 2 aromatic carbocycles. The fourth-order valence-corrected chi connectivity index (χ4v) is 5.53. The van der Waals surface area contributed by atoms with Gasteiger partial charge in [-0.1, -0.05) is 27.7 Å². The lowest BCUT2D eigenvalue weighted by atomic mass is 9.72. The first kappa shape index (κ1) is 30.8. The maximum atomic E-state index is 13.2. The molecule has 4 rings (SSSR count). The number of ketones is 2. The first-order valence-electron chi connectivity index (χ1n) is 14.2. The maximum absolute atomic E-state index is 13.2. The summed E-state index contributed by atoms with van der Waals surface area (Å²) in [4.78, 5) is 35.9. The molecule has 0 atom stereocenters. The summed E-state index contributed by atoms with van der Waals surface area (Å²) in [6.45, 7) is 7.99. The van der Waals surface area contributed by atoms with E-state index in [1.165, 1.54) is 0 Å². The van der Waals surface area contributed by atoms with Gasteiger partial charge in [0.2, 0.25) is 0 Å². The third-order valence-corrected chi connectivity index (χ3v) is 7.55. The van der Waals surface area contributed by atoms with Gasteiger partial charge in [-0.15, -0.1) is 0 Å². The molecule has 2 fully saturated rings. The van der Waals surface area contributed by atoms with Gasteiger partial charge in [-0.05, 0) is 72.2 Å². The molecular formula is C34H40N2O6. The average molecular weight is 573 g/mol. The molecule has 2 aliphatic rings. The van der Waals surface area contributed by atoms with Crippen molar-refractivity contribution in [3.8, 4) is 11.5 Å². The summed E-state index contributed by atoms with van der Waals surface area (Å²) in [6.07, 6.45) is 1.50. The summed E-state index contributed by atoms with van der Waals surface area (Å²) in [6, 6.07) is 14.3. The maximum Gasteiger partial charge on any atom is 0.168 e. The Kier molecular flexibility index (Phi) is 9.04. The van der Waals surface area contributed by atoms with Crippen molar-refractivity contribution in [3.63, 3.8) is 0 Å². The Morgan fingerprint density at radius 1 is 0.643 bits per heavy atom. The normalized spacial score (nSPS) is 22.7. The van der Waals surface area contributed by atoms with E-state index in [4.69, 9.17) is 19.5 Å². The molecule has 0 radical (unpaired) electrons. The number of hydrogen-bond donors (Lipinski definition) is 2. The SMILES string of the molecule is COc1ccc(N=C2CC(C)(C)CC(=O)C2=C(O)CCC(O)=C2C(=O)CC(C)(C)CC2=Nc2ccc(OC)cc2)cc1. The van der Waals surface area contributed by atoms with Crippen LogP contribution in [0.4, 0.5) is 11.4 Å². The Morgan fingerprint density at radius 3 is 1.29 bits per heavy atom. The van der Waals surface area contributed by atoms with Crippen LogP contribution in [0.3, 0.4) is 0 Å². The number of benzene rings is 2. The smallest absolute Gasteiger partial charge is 0.168 e. The Bertz CT molecular complexity index is 1360. The number of hydrogen-bond acceptors (Lipinski definition) is 8. The minimum Gasteiger partial charge on any atom is -0.511 e. The van der Waals surface area contributed by atoms with E-state index in [0.29, 0.717) is 47.1 Å². The van der Waals surface area contributed by atoms with E-state index < -0.39 is 0 Å². The number of rotatable bonds is 7. The molecule has 0 aromatic heterocycles. The van der Waals surface area contributed by atoms with Crippen LogP contribution in [0.15, 0.2) is 81.2 Å². The standard InChI is InChI=1S/C34H40N2O6/c1-33(2)17-25(35-21-7-11-23(41-5)12-8-21)31(29(39)19-33)27(37)15-16-28(38)32-26(18-34(3,4)20-30(32)40)36-22-9-13-24(42-6)14-10-22/h7-14,37-38H,15-20H2,1-6H3. The highest BCUT2D eigenvalue weighted by Crippen LogP contribution is 2.39. The average Bonchev–Trinajstić information content (AvgIpc) is 2.91. The van der Waals surface area contributed by atoms with Crippen LogP contribution >= 0.6 is 0 Å². The van der Waals surface area contributed by atoms with Gasteiger partial charge < -0.3 is 19.7 Å². The summed E-state index contributed by atoms with van der Waals surface area (Å²) in [7, 11) is 3.17. The second-order valence-electron chi connectivity index (χ2n) is 12.5. The minimum absolute atomic E-state index is 0.0229. The van der Waals surface area contributed by atoms with Crippen molar-refractivity contribution < 1.29 is 29.3 Å². The van der Waals surface area contributed by atoms with Gasteiger partial charge in [0.25, 0.3) is 0 Å². The van der Waals surface area contributed by atoms with E-state index in [-0.39, 0.29) is 70.7 Å². The number of Topliss-reactive ketones (excluding diaryl/α,β-unsaturated/α-hetero) is 2. The number of nitrogens with zero attached hydrogens (tertiary/aromatic N) is 2. The van der Waals surface area contributed by atoms with E-state index in [1.807, 2.05) is 27.7 Å². The zero-order chi connectivity index (χ0) is 30.7. The number of methoxy groups -OCH3 is 2. The van der Waals surface area contributed by atoms with E-state index in [0.717, 1.165) is 0 Å². The lowest BCUT2D eigenvalue weighted by Crippen LogP contribution is -2.33. The van der Waals surface area contributed by atoms with Gasteiger partial charge in [0, 0.05) is 25.7 Å². The molecule has 2 saturated carbocycles. The predicted molar refractivity (Wildman–Crippen MR) is 165 cm³/mol. The van der Waals surface area contributed by atoms with Crippen molar-refractivity contribution in [2.75, 3.05) is 14.2 Å². The van der Waals surface area contributed by atoms with Crippen molar-refractivity contribution in [1.82, 2.24) is 0 Å². The Balaban J connectivity index is 1.66. The van der Waals surface area contributed by atoms with Crippen LogP contribution in [0, 0.1) is 10.8 Å². The van der Waals surface area contributed by atoms with E-state index in [9.17, 15) is 19.8 Å². The topological polar surface area (TPSA) is 118 Å². The monoisotopic (exact) mass is 572 g/mol. The Morgan fingerprint density at radius 2 is 0.976 bits per heavy atom. The first-order chi connectivity index (χ1) is 19.8. The molecule has 8 heteroatoms. The molecule has 0 aliphatic heterocycles. The van der Waals surface area contributed by atoms with Crippen LogP contribution in [0.5, 0.6) is 11.5 Å². The molecule has 8 nitrogen and oxygen atoms in total. The van der Waals surface area contributed by atoms with Crippen LogP contribution in [0.2, 0.25) is 0 Å². The van der Waals surface area contributed by atoms with E-state index in [2.05, 4.69) is 0 Å². The molecule has 0 saturated heterocycles. The lowest BCUT2D eigenvalue weighted by molar-refractivity contribution is -0.118. The molecular weight excluding hydrogens is 532 g/mol. The van der Waals surface area contributed by atoms with E-state index >= 15 is 0 Å². The fraction of sp³-hybridized carbons (Fsp3) is 0.412. The number of aliphatic imine (C=N–C) groups is 2.